The van der Waals surface area contributed by atoms with Crippen LogP contribution in [-0.4, -0.2) is 28.7 Å². The lowest BCUT2D eigenvalue weighted by Crippen LogP contribution is -2.50. The molecule has 1 aliphatic rings. The Morgan fingerprint density at radius 3 is 2.18 bits per heavy atom. The highest BCUT2D eigenvalue weighted by Gasteiger charge is 2.44. The van der Waals surface area contributed by atoms with Crippen LogP contribution in [-0.2, 0) is 9.59 Å². The number of hydrogen-bond donors (Lipinski definition) is 2. The van der Waals surface area contributed by atoms with E-state index in [0.717, 1.165) is 0 Å². The Morgan fingerprint density at radius 2 is 1.76 bits per heavy atom. The number of carboxylic acid groups (broad SMARTS) is 1. The summed E-state index contributed by atoms with van der Waals surface area (Å²) in [5.74, 6) is 0.469. The van der Waals surface area contributed by atoms with Crippen LogP contribution in [0.1, 0.15) is 25.7 Å². The fourth-order valence-corrected chi connectivity index (χ4v) is 1.72. The molecule has 0 aromatic carbocycles. The molecule has 0 radical (unpaired) electrons. The molecule has 1 saturated carbocycles. The van der Waals surface area contributed by atoms with Crippen LogP contribution in [0.5, 0.6) is 0 Å². The molecule has 1 amide bonds. The van der Waals surface area contributed by atoms with Crippen molar-refractivity contribution < 1.29 is 27.9 Å². The predicted octanol–water partition coefficient (Wildman–Crippen LogP) is 1.07. The molecule has 1 fully saturated rings. The van der Waals surface area contributed by atoms with Gasteiger partial charge in [0.1, 0.15) is 5.54 Å². The molecule has 1 rings (SSSR count). The van der Waals surface area contributed by atoms with E-state index in [0.29, 0.717) is 12.8 Å². The van der Waals surface area contributed by atoms with Crippen LogP contribution in [0.4, 0.5) is 13.2 Å². The van der Waals surface area contributed by atoms with Crippen molar-refractivity contribution in [3.8, 4) is 11.8 Å². The molecule has 0 atom stereocenters. The van der Waals surface area contributed by atoms with Gasteiger partial charge in [-0.2, -0.15) is 13.2 Å². The van der Waals surface area contributed by atoms with Crippen molar-refractivity contribution in [3.63, 3.8) is 0 Å². The van der Waals surface area contributed by atoms with Crippen LogP contribution in [0.3, 0.4) is 0 Å². The molecule has 2 N–H and O–H groups in total. The first-order valence-electron chi connectivity index (χ1n) is 4.91. The minimum atomic E-state index is -4.99. The minimum absolute atomic E-state index is 0.231. The molecular weight excluding hydrogens is 239 g/mol. The molecule has 0 saturated heterocycles. The third kappa shape index (κ3) is 3.66. The fourth-order valence-electron chi connectivity index (χ4n) is 1.72. The summed E-state index contributed by atoms with van der Waals surface area (Å²) in [5, 5.41) is 10.2. The zero-order valence-electron chi connectivity index (χ0n) is 8.73. The van der Waals surface area contributed by atoms with Crippen molar-refractivity contribution in [2.45, 2.75) is 37.4 Å². The van der Waals surface area contributed by atoms with Gasteiger partial charge in [0.15, 0.2) is 0 Å². The van der Waals surface area contributed by atoms with Gasteiger partial charge in [-0.25, -0.2) is 4.79 Å². The van der Waals surface area contributed by atoms with E-state index in [1.807, 2.05) is 0 Å². The van der Waals surface area contributed by atoms with Crippen molar-refractivity contribution in [1.29, 1.82) is 0 Å². The summed E-state index contributed by atoms with van der Waals surface area (Å²) >= 11 is 0. The van der Waals surface area contributed by atoms with Gasteiger partial charge in [-0.1, -0.05) is 5.92 Å². The van der Waals surface area contributed by atoms with E-state index in [2.05, 4.69) is 5.92 Å². The molecule has 0 aromatic heterocycles. The summed E-state index contributed by atoms with van der Waals surface area (Å²) < 4.78 is 36.3. The average Bonchev–Trinajstić information content (AvgIpc) is 2.63. The number of nitrogens with one attached hydrogen (secondary N) is 1. The maximum Gasteiger partial charge on any atom is 0.471 e. The van der Waals surface area contributed by atoms with Gasteiger partial charge in [-0.15, -0.1) is 0 Å². The zero-order valence-corrected chi connectivity index (χ0v) is 8.73. The van der Waals surface area contributed by atoms with E-state index in [-0.39, 0.29) is 12.8 Å². The first kappa shape index (κ1) is 13.4. The lowest BCUT2D eigenvalue weighted by Gasteiger charge is -2.24. The lowest BCUT2D eigenvalue weighted by atomic mass is 9.98. The molecule has 0 heterocycles. The third-order valence-corrected chi connectivity index (χ3v) is 2.48. The molecule has 4 nitrogen and oxygen atoms in total. The molecule has 0 spiro atoms. The first-order chi connectivity index (χ1) is 7.75. The number of carbonyl (C=O) groups is 2. The zero-order chi connectivity index (χ0) is 13.1. The second kappa shape index (κ2) is 4.65. The highest BCUT2D eigenvalue weighted by molar-refractivity contribution is 5.87. The summed E-state index contributed by atoms with van der Waals surface area (Å²) in [4.78, 5) is 21.1. The van der Waals surface area contributed by atoms with Crippen LogP contribution in [0.15, 0.2) is 0 Å². The normalized spacial score (nSPS) is 18.1. The number of amides is 1. The number of aliphatic carboxylic acids is 1. The van der Waals surface area contributed by atoms with Crippen LogP contribution >= 0.6 is 0 Å². The number of halogens is 3. The highest BCUT2D eigenvalue weighted by Crippen LogP contribution is 2.30. The van der Waals surface area contributed by atoms with Gasteiger partial charge in [-0.3, -0.25) is 4.79 Å². The van der Waals surface area contributed by atoms with E-state index in [4.69, 9.17) is 5.11 Å². The SMILES string of the molecule is O=C(O)C#CC1(NC(=O)C(F)(F)F)CCCC1. The van der Waals surface area contributed by atoms with E-state index in [1.165, 1.54) is 0 Å². The van der Waals surface area contributed by atoms with Crippen LogP contribution in [0, 0.1) is 11.8 Å². The summed E-state index contributed by atoms with van der Waals surface area (Å²) in [7, 11) is 0. The number of rotatable bonds is 1. The Balaban J connectivity index is 2.85. The van der Waals surface area contributed by atoms with Crippen LogP contribution < -0.4 is 5.32 Å². The Morgan fingerprint density at radius 1 is 1.24 bits per heavy atom. The van der Waals surface area contributed by atoms with Gasteiger partial charge in [0.05, 0.1) is 0 Å². The average molecular weight is 249 g/mol. The number of carboxylic acids is 1. The van der Waals surface area contributed by atoms with Gasteiger partial charge in [-0.05, 0) is 25.7 Å². The molecule has 0 unspecified atom stereocenters. The van der Waals surface area contributed by atoms with E-state index in [1.54, 1.807) is 11.2 Å². The van der Waals surface area contributed by atoms with Crippen molar-refractivity contribution in [3.05, 3.63) is 0 Å². The van der Waals surface area contributed by atoms with Gasteiger partial charge in [0.25, 0.3) is 0 Å². The van der Waals surface area contributed by atoms with E-state index in [9.17, 15) is 22.8 Å². The number of hydrogen-bond acceptors (Lipinski definition) is 2. The first-order valence-corrected chi connectivity index (χ1v) is 4.91. The predicted molar refractivity (Wildman–Crippen MR) is 50.8 cm³/mol. The molecular formula is C10H10F3NO3. The largest absolute Gasteiger partial charge is 0.472 e. The van der Waals surface area contributed by atoms with E-state index >= 15 is 0 Å². The number of carbonyl (C=O) groups excluding carboxylic acids is 1. The molecule has 1 aliphatic carbocycles. The van der Waals surface area contributed by atoms with E-state index < -0.39 is 23.6 Å². The Labute approximate surface area is 95.2 Å². The summed E-state index contributed by atoms with van der Waals surface area (Å²) in [6.07, 6.45) is -3.32. The van der Waals surface area contributed by atoms with Gasteiger partial charge < -0.3 is 10.4 Å². The third-order valence-electron chi connectivity index (χ3n) is 2.48. The topological polar surface area (TPSA) is 66.4 Å². The van der Waals surface area contributed by atoms with Gasteiger partial charge >= 0.3 is 18.1 Å². The summed E-state index contributed by atoms with van der Waals surface area (Å²) in [6, 6.07) is 0. The highest BCUT2D eigenvalue weighted by atomic mass is 19.4. The maximum absolute atomic E-state index is 12.1. The standard InChI is InChI=1S/C10H10F3NO3/c11-10(12,13)8(17)14-9(4-1-2-5-9)6-3-7(15)16/h1-2,4-5H2,(H,14,17)(H,15,16). The lowest BCUT2D eigenvalue weighted by molar-refractivity contribution is -0.175. The smallest absolute Gasteiger partial charge is 0.471 e. The second-order valence-corrected chi connectivity index (χ2v) is 3.80. The molecule has 7 heteroatoms. The monoisotopic (exact) mass is 249 g/mol. The maximum atomic E-state index is 12.1. The fraction of sp³-hybridized carbons (Fsp3) is 0.600. The molecule has 17 heavy (non-hydrogen) atoms. The Hall–Kier alpha value is -1.71. The van der Waals surface area contributed by atoms with Gasteiger partial charge in [0.2, 0.25) is 0 Å². The molecule has 0 aliphatic heterocycles. The summed E-state index contributed by atoms with van der Waals surface area (Å²) in [6.45, 7) is 0. The minimum Gasteiger partial charge on any atom is -0.472 e. The molecule has 94 valence electrons. The molecule has 0 aromatic rings. The van der Waals surface area contributed by atoms with Crippen molar-refractivity contribution >= 4 is 11.9 Å². The van der Waals surface area contributed by atoms with Crippen LogP contribution in [0.25, 0.3) is 0 Å². The summed E-state index contributed by atoms with van der Waals surface area (Å²) in [5.41, 5.74) is -1.36. The quantitative estimate of drug-likeness (QED) is 0.683. The second-order valence-electron chi connectivity index (χ2n) is 3.80. The molecule has 0 bridgehead atoms. The van der Waals surface area contributed by atoms with Crippen LogP contribution in [0.2, 0.25) is 0 Å². The Bertz CT molecular complexity index is 386. The van der Waals surface area contributed by atoms with Crippen molar-refractivity contribution in [1.82, 2.24) is 5.32 Å². The van der Waals surface area contributed by atoms with Gasteiger partial charge in [0, 0.05) is 5.92 Å². The van der Waals surface area contributed by atoms with Crippen molar-refractivity contribution in [2.75, 3.05) is 0 Å². The number of alkyl halides is 3. The Kier molecular flexibility index (Phi) is 3.66. The van der Waals surface area contributed by atoms with Crippen molar-refractivity contribution in [2.24, 2.45) is 0 Å².